The van der Waals surface area contributed by atoms with Crippen molar-refractivity contribution in [3.63, 3.8) is 0 Å². The summed E-state index contributed by atoms with van der Waals surface area (Å²) in [4.78, 5) is 14.7. The Morgan fingerprint density at radius 3 is 2.78 bits per heavy atom. The normalized spacial score (nSPS) is 25.8. The number of aromatic nitrogens is 2. The fourth-order valence-corrected chi connectivity index (χ4v) is 6.66. The van der Waals surface area contributed by atoms with Crippen molar-refractivity contribution >= 4 is 16.1 Å². The summed E-state index contributed by atoms with van der Waals surface area (Å²) in [5.74, 6) is -1.12. The second kappa shape index (κ2) is 9.07. The standard InChI is InChI=1S/C24H30F2N4O5S/c1-24(2,3)35-23(31)27-19-10-15(13-34-22(19)16-9-14(25)6-7-18(16)26)29-11-17-20(12-29)28-30-21(17)5-4-8-36(30,32)33/h6-7,9,15,19,22H,4-5,8,10-13H2,1-3H3,(H,27,31)/t15-,19+,22-/m1/s1. The molecule has 4 heterocycles. The summed E-state index contributed by atoms with van der Waals surface area (Å²) in [5, 5.41) is 7.18. The second-order valence-corrected chi connectivity index (χ2v) is 12.5. The molecule has 5 rings (SSSR count). The molecule has 12 heteroatoms. The molecule has 3 atom stereocenters. The van der Waals surface area contributed by atoms with E-state index in [0.717, 1.165) is 35.2 Å². The summed E-state index contributed by atoms with van der Waals surface area (Å²) in [6.45, 7) is 6.39. The first-order valence-electron chi connectivity index (χ1n) is 12.0. The van der Waals surface area contributed by atoms with Crippen LogP contribution in [0.25, 0.3) is 0 Å². The van der Waals surface area contributed by atoms with Crippen LogP contribution in [-0.4, -0.2) is 58.6 Å². The van der Waals surface area contributed by atoms with E-state index in [4.69, 9.17) is 9.47 Å². The maximum atomic E-state index is 14.6. The Bertz CT molecular complexity index is 1290. The molecule has 1 amide bonds. The lowest BCUT2D eigenvalue weighted by atomic mass is 9.92. The van der Waals surface area contributed by atoms with E-state index < -0.39 is 45.5 Å². The maximum absolute atomic E-state index is 14.6. The first kappa shape index (κ1) is 25.1. The van der Waals surface area contributed by atoms with E-state index in [9.17, 15) is 22.0 Å². The first-order valence-corrected chi connectivity index (χ1v) is 13.7. The summed E-state index contributed by atoms with van der Waals surface area (Å²) in [6, 6.07) is 2.33. The molecule has 36 heavy (non-hydrogen) atoms. The van der Waals surface area contributed by atoms with Gasteiger partial charge >= 0.3 is 6.09 Å². The van der Waals surface area contributed by atoms with Crippen LogP contribution in [0.15, 0.2) is 18.2 Å². The quantitative estimate of drug-likeness (QED) is 0.659. The van der Waals surface area contributed by atoms with Crippen molar-refractivity contribution in [2.45, 2.75) is 76.9 Å². The number of nitrogens with zero attached hydrogens (tertiary/aromatic N) is 3. The van der Waals surface area contributed by atoms with Crippen LogP contribution in [0.5, 0.6) is 0 Å². The Balaban J connectivity index is 1.36. The van der Waals surface area contributed by atoms with Crippen molar-refractivity contribution in [1.82, 2.24) is 19.4 Å². The third-order valence-electron chi connectivity index (χ3n) is 6.78. The molecule has 9 nitrogen and oxygen atoms in total. The minimum Gasteiger partial charge on any atom is -0.444 e. The second-order valence-electron chi connectivity index (χ2n) is 10.6. The van der Waals surface area contributed by atoms with Gasteiger partial charge in [0, 0.05) is 30.3 Å². The van der Waals surface area contributed by atoms with Crippen LogP contribution >= 0.6 is 0 Å². The highest BCUT2D eigenvalue weighted by molar-refractivity contribution is 7.89. The predicted octanol–water partition coefficient (Wildman–Crippen LogP) is 3.02. The van der Waals surface area contributed by atoms with E-state index in [1.807, 2.05) is 0 Å². The van der Waals surface area contributed by atoms with Crippen molar-refractivity contribution < 1.29 is 31.5 Å². The zero-order chi connectivity index (χ0) is 25.8. The lowest BCUT2D eigenvalue weighted by Crippen LogP contribution is -2.52. The van der Waals surface area contributed by atoms with Gasteiger partial charge in [-0.15, -0.1) is 0 Å². The van der Waals surface area contributed by atoms with Crippen LogP contribution in [0.4, 0.5) is 13.6 Å². The van der Waals surface area contributed by atoms with Crippen molar-refractivity contribution in [3.8, 4) is 0 Å². The van der Waals surface area contributed by atoms with Crippen LogP contribution in [0.3, 0.4) is 0 Å². The van der Waals surface area contributed by atoms with Gasteiger partial charge in [0.2, 0.25) is 0 Å². The highest BCUT2D eigenvalue weighted by Crippen LogP contribution is 2.37. The molecule has 0 bridgehead atoms. The topological polar surface area (TPSA) is 103 Å². The monoisotopic (exact) mass is 524 g/mol. The highest BCUT2D eigenvalue weighted by atomic mass is 32.2. The summed E-state index contributed by atoms with van der Waals surface area (Å²) < 4.78 is 66.0. The van der Waals surface area contributed by atoms with Gasteiger partial charge in [-0.05, 0) is 58.2 Å². The number of halogens is 2. The van der Waals surface area contributed by atoms with Crippen molar-refractivity contribution in [1.29, 1.82) is 0 Å². The van der Waals surface area contributed by atoms with Crippen molar-refractivity contribution in [2.75, 3.05) is 12.4 Å². The van der Waals surface area contributed by atoms with Gasteiger partial charge in [-0.2, -0.15) is 9.19 Å². The molecule has 1 saturated heterocycles. The van der Waals surface area contributed by atoms with Gasteiger partial charge in [-0.3, -0.25) is 4.90 Å². The van der Waals surface area contributed by atoms with E-state index in [2.05, 4.69) is 15.3 Å². The SMILES string of the molecule is CC(C)(C)OC(=O)N[C@H]1C[C@@H](N2Cc3nn4c(c3C2)CCCS4(=O)=O)CO[C@@H]1c1cc(F)ccc1F. The van der Waals surface area contributed by atoms with E-state index in [1.165, 1.54) is 4.09 Å². The van der Waals surface area contributed by atoms with Crippen LogP contribution in [-0.2, 0) is 39.0 Å². The number of benzene rings is 1. The Labute approximate surface area is 208 Å². The third kappa shape index (κ3) is 4.85. The van der Waals surface area contributed by atoms with Crippen molar-refractivity contribution in [3.05, 3.63) is 52.3 Å². The highest BCUT2D eigenvalue weighted by Gasteiger charge is 2.41. The molecule has 3 aliphatic heterocycles. The molecule has 1 aromatic heterocycles. The molecule has 0 radical (unpaired) electrons. The van der Waals surface area contributed by atoms with Crippen molar-refractivity contribution in [2.24, 2.45) is 0 Å². The zero-order valence-electron chi connectivity index (χ0n) is 20.5. The molecule has 0 aliphatic carbocycles. The molecule has 0 unspecified atom stereocenters. The molecule has 1 fully saturated rings. The number of alkyl carbamates (subject to hydrolysis) is 1. The largest absolute Gasteiger partial charge is 0.444 e. The van der Waals surface area contributed by atoms with E-state index in [1.54, 1.807) is 20.8 Å². The van der Waals surface area contributed by atoms with Gasteiger partial charge in [0.1, 0.15) is 23.3 Å². The minimum absolute atomic E-state index is 0.0326. The molecule has 1 N–H and O–H groups in total. The average molecular weight is 525 g/mol. The van der Waals surface area contributed by atoms with Crippen LogP contribution in [0.2, 0.25) is 0 Å². The average Bonchev–Trinajstić information content (AvgIpc) is 3.34. The zero-order valence-corrected chi connectivity index (χ0v) is 21.3. The Hall–Kier alpha value is -2.57. The molecular formula is C24H30F2N4O5S. The predicted molar refractivity (Wildman–Crippen MR) is 126 cm³/mol. The maximum Gasteiger partial charge on any atom is 0.407 e. The van der Waals surface area contributed by atoms with Gasteiger partial charge in [0.15, 0.2) is 0 Å². The molecule has 0 spiro atoms. The number of nitrogens with one attached hydrogen (secondary N) is 1. The minimum atomic E-state index is -3.41. The lowest BCUT2D eigenvalue weighted by Gasteiger charge is -2.40. The third-order valence-corrected chi connectivity index (χ3v) is 8.41. The molecule has 3 aliphatic rings. The van der Waals surface area contributed by atoms with Gasteiger partial charge < -0.3 is 14.8 Å². The Morgan fingerprint density at radius 1 is 1.25 bits per heavy atom. The number of carbonyl (C=O) groups excluding carboxylic acids is 1. The number of hydrogen-bond donors (Lipinski definition) is 1. The number of rotatable bonds is 3. The lowest BCUT2D eigenvalue weighted by molar-refractivity contribution is -0.0629. The van der Waals surface area contributed by atoms with Gasteiger partial charge in [-0.1, -0.05) is 0 Å². The van der Waals surface area contributed by atoms with E-state index >= 15 is 0 Å². The van der Waals surface area contributed by atoms with E-state index in [-0.39, 0.29) is 24.0 Å². The number of carbonyl (C=O) groups is 1. The van der Waals surface area contributed by atoms with Gasteiger partial charge in [0.25, 0.3) is 10.0 Å². The fourth-order valence-electron chi connectivity index (χ4n) is 5.22. The summed E-state index contributed by atoms with van der Waals surface area (Å²) in [5.41, 5.74) is 1.69. The van der Waals surface area contributed by atoms with Crippen LogP contribution in [0.1, 0.15) is 62.2 Å². The molecule has 196 valence electrons. The number of hydrogen-bond acceptors (Lipinski definition) is 7. The number of amides is 1. The van der Waals surface area contributed by atoms with E-state index in [0.29, 0.717) is 32.4 Å². The van der Waals surface area contributed by atoms with Gasteiger partial charge in [0.05, 0.1) is 29.8 Å². The Kier molecular flexibility index (Phi) is 6.32. The first-order chi connectivity index (χ1) is 16.9. The summed E-state index contributed by atoms with van der Waals surface area (Å²) >= 11 is 0. The fraction of sp³-hybridized carbons (Fsp3) is 0.583. The smallest absolute Gasteiger partial charge is 0.407 e. The summed E-state index contributed by atoms with van der Waals surface area (Å²) in [6.07, 6.45) is 0.0487. The number of fused-ring (bicyclic) bond motifs is 3. The molecule has 2 aromatic rings. The molecule has 0 saturated carbocycles. The van der Waals surface area contributed by atoms with Gasteiger partial charge in [-0.25, -0.2) is 22.0 Å². The molecule has 1 aromatic carbocycles. The summed E-state index contributed by atoms with van der Waals surface area (Å²) in [7, 11) is -3.41. The molecular weight excluding hydrogens is 494 g/mol. The van der Waals surface area contributed by atoms with Crippen LogP contribution in [0, 0.1) is 11.6 Å². The Morgan fingerprint density at radius 2 is 2.03 bits per heavy atom. The number of ether oxygens (including phenoxy) is 2. The van der Waals surface area contributed by atoms with Crippen LogP contribution < -0.4 is 5.32 Å².